The molecule has 3 heteroatoms. The fourth-order valence-electron chi connectivity index (χ4n) is 4.02. The molecule has 1 aliphatic carbocycles. The van der Waals surface area contributed by atoms with E-state index in [0.29, 0.717) is 17.9 Å². The van der Waals surface area contributed by atoms with E-state index in [1.165, 1.54) is 11.1 Å². The van der Waals surface area contributed by atoms with Crippen molar-refractivity contribution in [3.63, 3.8) is 0 Å². The predicted octanol–water partition coefficient (Wildman–Crippen LogP) is 4.79. The van der Waals surface area contributed by atoms with Gasteiger partial charge in [-0.25, -0.2) is 0 Å². The van der Waals surface area contributed by atoms with Crippen molar-refractivity contribution >= 4 is 21.8 Å². The van der Waals surface area contributed by atoms with E-state index in [4.69, 9.17) is 0 Å². The van der Waals surface area contributed by atoms with Gasteiger partial charge < -0.3 is 4.90 Å². The summed E-state index contributed by atoms with van der Waals surface area (Å²) in [7, 11) is 0. The second-order valence-corrected chi connectivity index (χ2v) is 7.84. The minimum atomic E-state index is 0.181. The Morgan fingerprint density at radius 2 is 1.83 bits per heavy atom. The van der Waals surface area contributed by atoms with Crippen LogP contribution in [0.4, 0.5) is 0 Å². The van der Waals surface area contributed by atoms with Crippen molar-refractivity contribution in [2.45, 2.75) is 37.6 Å². The smallest absolute Gasteiger partial charge is 0.226 e. The minimum Gasteiger partial charge on any atom is -0.339 e. The molecular weight excluding hydrogens is 362 g/mol. The van der Waals surface area contributed by atoms with E-state index in [9.17, 15) is 4.79 Å². The molecule has 2 aliphatic rings. The zero-order valence-electron chi connectivity index (χ0n) is 13.7. The fourth-order valence-corrected chi connectivity index (χ4v) is 4.60. The highest BCUT2D eigenvalue weighted by atomic mass is 79.9. The van der Waals surface area contributed by atoms with Gasteiger partial charge in [0.2, 0.25) is 5.91 Å². The SMILES string of the molecule is O=C([C@@H]1C[C@@H]1c1ccccc1Br)N1CCC[C@@H]1Cc1ccccc1. The number of amides is 1. The Hall–Kier alpha value is -1.61. The third-order valence-corrected chi connectivity index (χ3v) is 6.11. The third-order valence-electron chi connectivity index (χ3n) is 5.39. The molecule has 0 aromatic heterocycles. The molecule has 124 valence electrons. The van der Waals surface area contributed by atoms with Crippen molar-refractivity contribution in [3.05, 3.63) is 70.2 Å². The average Bonchev–Trinajstić information content (AvgIpc) is 3.27. The zero-order valence-corrected chi connectivity index (χ0v) is 15.3. The normalized spacial score (nSPS) is 25.7. The average molecular weight is 384 g/mol. The first-order chi connectivity index (χ1) is 11.7. The van der Waals surface area contributed by atoms with Crippen LogP contribution in [0.5, 0.6) is 0 Å². The molecule has 0 spiro atoms. The van der Waals surface area contributed by atoms with Gasteiger partial charge in [-0.2, -0.15) is 0 Å². The van der Waals surface area contributed by atoms with Crippen LogP contribution < -0.4 is 0 Å². The van der Waals surface area contributed by atoms with Gasteiger partial charge >= 0.3 is 0 Å². The maximum Gasteiger partial charge on any atom is 0.226 e. The fraction of sp³-hybridized carbons (Fsp3) is 0.381. The van der Waals surface area contributed by atoms with Gasteiger partial charge in [0, 0.05) is 23.0 Å². The first kappa shape index (κ1) is 15.9. The Bertz CT molecular complexity index is 730. The van der Waals surface area contributed by atoms with Gasteiger partial charge in [0.25, 0.3) is 0 Å². The molecule has 4 rings (SSSR count). The molecule has 0 N–H and O–H groups in total. The number of halogens is 1. The summed E-state index contributed by atoms with van der Waals surface area (Å²) in [6.07, 6.45) is 4.25. The van der Waals surface area contributed by atoms with Gasteiger partial charge in [0.1, 0.15) is 0 Å². The second kappa shape index (κ2) is 6.72. The molecule has 1 heterocycles. The van der Waals surface area contributed by atoms with E-state index in [2.05, 4.69) is 63.3 Å². The maximum atomic E-state index is 13.0. The summed E-state index contributed by atoms with van der Waals surface area (Å²) in [5, 5.41) is 0. The van der Waals surface area contributed by atoms with Crippen molar-refractivity contribution in [1.29, 1.82) is 0 Å². The third kappa shape index (κ3) is 3.14. The predicted molar refractivity (Wildman–Crippen MR) is 99.9 cm³/mol. The van der Waals surface area contributed by atoms with E-state index >= 15 is 0 Å². The van der Waals surface area contributed by atoms with E-state index in [-0.39, 0.29) is 5.92 Å². The molecule has 2 aromatic carbocycles. The Balaban J connectivity index is 1.44. The number of likely N-dealkylation sites (tertiary alicyclic amines) is 1. The van der Waals surface area contributed by atoms with Crippen molar-refractivity contribution in [2.24, 2.45) is 5.92 Å². The number of nitrogens with zero attached hydrogens (tertiary/aromatic N) is 1. The Kier molecular flexibility index (Phi) is 4.45. The van der Waals surface area contributed by atoms with E-state index in [1.54, 1.807) is 0 Å². The first-order valence-electron chi connectivity index (χ1n) is 8.83. The zero-order chi connectivity index (χ0) is 16.5. The van der Waals surface area contributed by atoms with Crippen LogP contribution in [-0.4, -0.2) is 23.4 Å². The van der Waals surface area contributed by atoms with E-state index in [0.717, 1.165) is 36.7 Å². The summed E-state index contributed by atoms with van der Waals surface area (Å²) in [6, 6.07) is 19.2. The van der Waals surface area contributed by atoms with Crippen LogP contribution in [-0.2, 0) is 11.2 Å². The quantitative estimate of drug-likeness (QED) is 0.743. The van der Waals surface area contributed by atoms with Crippen LogP contribution >= 0.6 is 15.9 Å². The maximum absolute atomic E-state index is 13.0. The Morgan fingerprint density at radius 1 is 1.08 bits per heavy atom. The number of rotatable bonds is 4. The van der Waals surface area contributed by atoms with Gasteiger partial charge in [-0.3, -0.25) is 4.79 Å². The number of carbonyl (C=O) groups excluding carboxylic acids is 1. The molecule has 2 fully saturated rings. The monoisotopic (exact) mass is 383 g/mol. The van der Waals surface area contributed by atoms with Crippen LogP contribution in [0.3, 0.4) is 0 Å². The van der Waals surface area contributed by atoms with Gasteiger partial charge in [-0.05, 0) is 48.8 Å². The second-order valence-electron chi connectivity index (χ2n) is 6.99. The largest absolute Gasteiger partial charge is 0.339 e. The molecule has 1 amide bonds. The van der Waals surface area contributed by atoms with Gasteiger partial charge in [-0.1, -0.05) is 64.5 Å². The lowest BCUT2D eigenvalue weighted by molar-refractivity contribution is -0.133. The Morgan fingerprint density at radius 3 is 2.62 bits per heavy atom. The van der Waals surface area contributed by atoms with Crippen LogP contribution in [0.2, 0.25) is 0 Å². The molecular formula is C21H22BrNO. The standard InChI is InChI=1S/C21H22BrNO/c22-20-11-5-4-10-17(20)18-14-19(18)21(24)23-12-6-9-16(23)13-15-7-2-1-3-8-15/h1-5,7-8,10-11,16,18-19H,6,9,12-14H2/t16-,18-,19-/m1/s1. The summed E-state index contributed by atoms with van der Waals surface area (Å²) in [4.78, 5) is 15.2. The highest BCUT2D eigenvalue weighted by Gasteiger charge is 2.48. The van der Waals surface area contributed by atoms with Crippen molar-refractivity contribution in [3.8, 4) is 0 Å². The number of hydrogen-bond donors (Lipinski definition) is 0. The molecule has 2 aromatic rings. The van der Waals surface area contributed by atoms with Crippen molar-refractivity contribution < 1.29 is 4.79 Å². The Labute approximate surface area is 152 Å². The summed E-state index contributed by atoms with van der Waals surface area (Å²) in [6.45, 7) is 0.926. The topological polar surface area (TPSA) is 20.3 Å². The lowest BCUT2D eigenvalue weighted by atomic mass is 10.0. The van der Waals surface area contributed by atoms with Crippen LogP contribution in [0.15, 0.2) is 59.1 Å². The summed E-state index contributed by atoms with van der Waals surface area (Å²) >= 11 is 3.63. The summed E-state index contributed by atoms with van der Waals surface area (Å²) in [5.74, 6) is 0.945. The van der Waals surface area contributed by atoms with Crippen LogP contribution in [0.25, 0.3) is 0 Å². The lowest BCUT2D eigenvalue weighted by Gasteiger charge is -2.25. The van der Waals surface area contributed by atoms with Crippen LogP contribution in [0.1, 0.15) is 36.3 Å². The number of carbonyl (C=O) groups is 1. The van der Waals surface area contributed by atoms with Gasteiger partial charge in [-0.15, -0.1) is 0 Å². The van der Waals surface area contributed by atoms with Gasteiger partial charge in [0.15, 0.2) is 0 Å². The van der Waals surface area contributed by atoms with Gasteiger partial charge in [0.05, 0.1) is 0 Å². The molecule has 1 aliphatic heterocycles. The van der Waals surface area contributed by atoms with E-state index in [1.807, 2.05) is 12.1 Å². The molecule has 1 saturated carbocycles. The lowest BCUT2D eigenvalue weighted by Crippen LogP contribution is -2.38. The molecule has 0 unspecified atom stereocenters. The number of benzene rings is 2. The van der Waals surface area contributed by atoms with Crippen molar-refractivity contribution in [1.82, 2.24) is 4.90 Å². The number of hydrogen-bond acceptors (Lipinski definition) is 1. The summed E-state index contributed by atoms with van der Waals surface area (Å²) < 4.78 is 1.13. The molecule has 24 heavy (non-hydrogen) atoms. The molecule has 1 saturated heterocycles. The summed E-state index contributed by atoms with van der Waals surface area (Å²) in [5.41, 5.74) is 2.62. The minimum absolute atomic E-state index is 0.181. The van der Waals surface area contributed by atoms with E-state index < -0.39 is 0 Å². The first-order valence-corrected chi connectivity index (χ1v) is 9.62. The van der Waals surface area contributed by atoms with Crippen LogP contribution in [0, 0.1) is 5.92 Å². The molecule has 0 radical (unpaired) electrons. The molecule has 2 nitrogen and oxygen atoms in total. The molecule has 3 atom stereocenters. The highest BCUT2D eigenvalue weighted by Crippen LogP contribution is 2.51. The highest BCUT2D eigenvalue weighted by molar-refractivity contribution is 9.10. The molecule has 0 bridgehead atoms. The van der Waals surface area contributed by atoms with Crippen molar-refractivity contribution in [2.75, 3.05) is 6.54 Å².